The van der Waals surface area contributed by atoms with Crippen molar-refractivity contribution in [3.05, 3.63) is 228 Å². The molecule has 6 heteroatoms. The Morgan fingerprint density at radius 1 is 0.324 bits per heavy atom. The highest BCUT2D eigenvalue weighted by atomic mass is 15.0. The zero-order valence-electron chi connectivity index (χ0n) is 38.9. The number of rotatable bonds is 4. The lowest BCUT2D eigenvalue weighted by molar-refractivity contribution is 1.07. The number of hydrogen-bond acceptors (Lipinski definition) is 2. The molecule has 0 saturated carbocycles. The van der Waals surface area contributed by atoms with Crippen molar-refractivity contribution in [3.8, 4) is 46.0 Å². The maximum atomic E-state index is 10.2. The topological polar surface area (TPSA) is 67.3 Å². The highest BCUT2D eigenvalue weighted by molar-refractivity contribution is 6.14. The summed E-state index contributed by atoms with van der Waals surface area (Å²) in [5.41, 5.74) is 21.8. The average Bonchev–Trinajstić information content (AvgIpc) is 4.21. The van der Waals surface area contributed by atoms with Crippen LogP contribution in [0.1, 0.15) is 33.4 Å². The second-order valence-corrected chi connectivity index (χ2v) is 19.3. The van der Waals surface area contributed by atoms with Gasteiger partial charge in [-0.25, -0.2) is 0 Å². The van der Waals surface area contributed by atoms with E-state index in [1.54, 1.807) is 0 Å². The van der Waals surface area contributed by atoms with Gasteiger partial charge in [-0.05, 0) is 145 Å². The van der Waals surface area contributed by atoms with Gasteiger partial charge < -0.3 is 18.3 Å². The summed E-state index contributed by atoms with van der Waals surface area (Å²) in [7, 11) is 0. The van der Waals surface area contributed by atoms with E-state index in [0.29, 0.717) is 17.5 Å². The fourth-order valence-electron chi connectivity index (χ4n) is 12.3. The number of hydrogen-bond donors (Lipinski definition) is 0. The molecule has 0 radical (unpaired) electrons. The number of aromatic nitrogens is 4. The molecule has 0 unspecified atom stereocenters. The molecule has 0 atom stereocenters. The predicted octanol–water partition coefficient (Wildman–Crippen LogP) is 16.0. The quantitative estimate of drug-likeness (QED) is 0.177. The molecule has 10 aromatic carbocycles. The highest BCUT2D eigenvalue weighted by Crippen LogP contribution is 2.49. The van der Waals surface area contributed by atoms with E-state index in [2.05, 4.69) is 214 Å². The minimum atomic E-state index is 0.637. The van der Waals surface area contributed by atoms with Crippen LogP contribution in [0, 0.1) is 36.5 Å². The summed E-state index contributed by atoms with van der Waals surface area (Å²) in [6.45, 7) is 4.34. The van der Waals surface area contributed by atoms with Crippen LogP contribution >= 0.6 is 0 Å². The van der Waals surface area contributed by atoms with Crippen LogP contribution in [0.4, 0.5) is 0 Å². The molecule has 4 aromatic heterocycles. The standard InChI is InChI=1S/C65H40N6/c1-38-19-23-60-50(27-38)44-11-3-7-15-56(44)68(60)42-31-48-49-32-43(69-57-16-8-4-12-45(57)51-28-39(2)20-24-61(51)69)34-65(71-59-18-10-6-14-47(59)53-30-41(37-67)22-26-63(53)71)55(49)35-54(48)64(33-42)70-58-17-9-5-13-46(58)52-29-40(36-66)21-25-62(52)70/h3-34H,35H2,1-2H3. The van der Waals surface area contributed by atoms with E-state index in [9.17, 15) is 10.5 Å². The van der Waals surface area contributed by atoms with Crippen LogP contribution < -0.4 is 0 Å². The Morgan fingerprint density at radius 3 is 1.04 bits per heavy atom. The summed E-state index contributed by atoms with van der Waals surface area (Å²) in [5.74, 6) is 0. The van der Waals surface area contributed by atoms with E-state index in [1.807, 2.05) is 24.3 Å². The first kappa shape index (κ1) is 39.4. The van der Waals surface area contributed by atoms with E-state index in [1.165, 1.54) is 54.9 Å². The molecule has 0 bridgehead atoms. The summed E-state index contributed by atoms with van der Waals surface area (Å²) in [6, 6.07) is 75.1. The number of para-hydroxylation sites is 4. The van der Waals surface area contributed by atoms with Crippen molar-refractivity contribution in [3.63, 3.8) is 0 Å². The molecule has 14 aromatic rings. The third-order valence-corrected chi connectivity index (χ3v) is 15.3. The van der Waals surface area contributed by atoms with Crippen molar-refractivity contribution in [2.24, 2.45) is 0 Å². The second-order valence-electron chi connectivity index (χ2n) is 19.3. The minimum absolute atomic E-state index is 0.637. The highest BCUT2D eigenvalue weighted by Gasteiger charge is 2.31. The van der Waals surface area contributed by atoms with Gasteiger partial charge in [-0.1, -0.05) is 96.1 Å². The van der Waals surface area contributed by atoms with Gasteiger partial charge >= 0.3 is 0 Å². The molecule has 0 spiro atoms. The maximum absolute atomic E-state index is 10.2. The zero-order chi connectivity index (χ0) is 47.2. The molecular formula is C65H40N6. The molecule has 4 heterocycles. The Hall–Kier alpha value is -9.62. The van der Waals surface area contributed by atoms with Crippen LogP contribution in [0.25, 0.3) is 121 Å². The van der Waals surface area contributed by atoms with E-state index in [4.69, 9.17) is 0 Å². The van der Waals surface area contributed by atoms with Crippen molar-refractivity contribution in [2.75, 3.05) is 0 Å². The van der Waals surface area contributed by atoms with Gasteiger partial charge in [-0.3, -0.25) is 0 Å². The van der Waals surface area contributed by atoms with Crippen molar-refractivity contribution in [1.82, 2.24) is 18.3 Å². The predicted molar refractivity (Wildman–Crippen MR) is 291 cm³/mol. The summed E-state index contributed by atoms with van der Waals surface area (Å²) in [6.07, 6.45) is 0.670. The van der Waals surface area contributed by atoms with Crippen molar-refractivity contribution < 1.29 is 0 Å². The van der Waals surface area contributed by atoms with Crippen LogP contribution in [0.2, 0.25) is 0 Å². The first-order valence-electron chi connectivity index (χ1n) is 24.2. The molecular weight excluding hydrogens is 865 g/mol. The Balaban J connectivity index is 1.12. The lowest BCUT2D eigenvalue weighted by Gasteiger charge is -2.18. The minimum Gasteiger partial charge on any atom is -0.309 e. The van der Waals surface area contributed by atoms with Crippen molar-refractivity contribution in [1.29, 1.82) is 10.5 Å². The number of nitriles is 2. The third kappa shape index (κ3) is 5.45. The van der Waals surface area contributed by atoms with Gasteiger partial charge in [0, 0.05) is 60.9 Å². The monoisotopic (exact) mass is 904 g/mol. The molecule has 1 aliphatic rings. The fourth-order valence-corrected chi connectivity index (χ4v) is 12.3. The summed E-state index contributed by atoms with van der Waals surface area (Å²) >= 11 is 0. The average molecular weight is 905 g/mol. The SMILES string of the molecule is Cc1ccc2c(c1)c1ccccc1n2-c1cc2c(c(-n3c4ccccc4c4cc(C#N)ccc43)c1)Cc1c-2cc(-n2c3ccccc3c3cc(C)ccc32)cc1-n1c2ccccc2c2cc(C#N)ccc21. The number of nitrogens with zero attached hydrogens (tertiary/aromatic N) is 6. The van der Waals surface area contributed by atoms with Crippen LogP contribution in [0.5, 0.6) is 0 Å². The molecule has 0 N–H and O–H groups in total. The summed E-state index contributed by atoms with van der Waals surface area (Å²) in [4.78, 5) is 0. The fraction of sp³-hybridized carbons (Fsp3) is 0.0462. The van der Waals surface area contributed by atoms with Crippen LogP contribution in [-0.4, -0.2) is 18.3 Å². The van der Waals surface area contributed by atoms with E-state index >= 15 is 0 Å². The molecule has 0 fully saturated rings. The van der Waals surface area contributed by atoms with Crippen molar-refractivity contribution in [2.45, 2.75) is 20.3 Å². The maximum Gasteiger partial charge on any atom is 0.0991 e. The largest absolute Gasteiger partial charge is 0.309 e. The molecule has 0 aliphatic heterocycles. The second kappa shape index (κ2) is 14.5. The van der Waals surface area contributed by atoms with Gasteiger partial charge in [0.2, 0.25) is 0 Å². The van der Waals surface area contributed by atoms with Crippen LogP contribution in [0.3, 0.4) is 0 Å². The van der Waals surface area contributed by atoms with Gasteiger partial charge in [0.15, 0.2) is 0 Å². The zero-order valence-corrected chi connectivity index (χ0v) is 38.9. The normalized spacial score (nSPS) is 12.3. The lowest BCUT2D eigenvalue weighted by atomic mass is 10.0. The molecule has 330 valence electrons. The van der Waals surface area contributed by atoms with E-state index in [0.717, 1.165) is 88.4 Å². The Kier molecular flexibility index (Phi) is 8.02. The number of fused-ring (bicyclic) bond motifs is 15. The molecule has 15 rings (SSSR count). The smallest absolute Gasteiger partial charge is 0.0991 e. The Morgan fingerprint density at radius 2 is 0.648 bits per heavy atom. The molecule has 0 amide bonds. The van der Waals surface area contributed by atoms with Crippen molar-refractivity contribution >= 4 is 87.2 Å². The molecule has 71 heavy (non-hydrogen) atoms. The lowest BCUT2D eigenvalue weighted by Crippen LogP contribution is -2.04. The van der Waals surface area contributed by atoms with E-state index in [-0.39, 0.29) is 0 Å². The third-order valence-electron chi connectivity index (χ3n) is 15.3. The summed E-state index contributed by atoms with van der Waals surface area (Å²) < 4.78 is 9.79. The van der Waals surface area contributed by atoms with Crippen LogP contribution in [0.15, 0.2) is 194 Å². The van der Waals surface area contributed by atoms with Gasteiger partial charge in [-0.15, -0.1) is 0 Å². The first-order chi connectivity index (χ1) is 34.9. The first-order valence-corrected chi connectivity index (χ1v) is 24.2. The molecule has 0 saturated heterocycles. The van der Waals surface area contributed by atoms with Gasteiger partial charge in [-0.2, -0.15) is 10.5 Å². The van der Waals surface area contributed by atoms with Gasteiger partial charge in [0.05, 0.1) is 78.8 Å². The van der Waals surface area contributed by atoms with Crippen LogP contribution in [-0.2, 0) is 6.42 Å². The summed E-state index contributed by atoms with van der Waals surface area (Å²) in [5, 5.41) is 29.5. The number of benzene rings is 10. The molecule has 6 nitrogen and oxygen atoms in total. The Bertz CT molecular complexity index is 4480. The number of aryl methyl sites for hydroxylation is 2. The van der Waals surface area contributed by atoms with E-state index < -0.39 is 0 Å². The molecule has 1 aliphatic carbocycles. The Labute approximate surface area is 407 Å². The van der Waals surface area contributed by atoms with Gasteiger partial charge in [0.25, 0.3) is 0 Å². The van der Waals surface area contributed by atoms with Gasteiger partial charge in [0.1, 0.15) is 0 Å².